The van der Waals surface area contributed by atoms with Gasteiger partial charge in [0, 0.05) is 17.7 Å². The third-order valence-electron chi connectivity index (χ3n) is 5.79. The van der Waals surface area contributed by atoms with Crippen LogP contribution in [0.2, 0.25) is 0 Å². The molecule has 1 saturated heterocycles. The number of nitrogens with zero attached hydrogens (tertiary/aromatic N) is 1. The molecule has 2 atom stereocenters. The second-order valence-corrected chi connectivity index (χ2v) is 7.68. The number of carbonyl (C=O) groups excluding carboxylic acids is 3. The Labute approximate surface area is 190 Å². The van der Waals surface area contributed by atoms with Gasteiger partial charge in [-0.3, -0.25) is 14.4 Å². The van der Waals surface area contributed by atoms with Crippen LogP contribution in [0.5, 0.6) is 11.5 Å². The van der Waals surface area contributed by atoms with Gasteiger partial charge < -0.3 is 14.4 Å². The number of carbonyl (C=O) groups is 3. The Kier molecular flexibility index (Phi) is 6.22. The summed E-state index contributed by atoms with van der Waals surface area (Å²) in [5.74, 6) is -2.63. The maximum absolute atomic E-state index is 13.5. The number of ether oxygens (including phenoxy) is 2. The Morgan fingerprint density at radius 2 is 1.58 bits per heavy atom. The van der Waals surface area contributed by atoms with Crippen molar-refractivity contribution in [1.82, 2.24) is 4.90 Å². The van der Waals surface area contributed by atoms with E-state index in [1.165, 1.54) is 31.3 Å². The molecule has 0 bridgehead atoms. The molecule has 3 aromatic carbocycles. The van der Waals surface area contributed by atoms with Crippen LogP contribution in [0.15, 0.2) is 72.8 Å². The Bertz CT molecular complexity index is 1190. The number of rotatable bonds is 7. The first-order chi connectivity index (χ1) is 15.9. The lowest BCUT2D eigenvalue weighted by molar-refractivity contribution is -0.141. The number of amides is 1. The first kappa shape index (κ1) is 22.2. The number of hydrogen-bond acceptors (Lipinski definition) is 5. The van der Waals surface area contributed by atoms with Crippen LogP contribution in [0.3, 0.4) is 0 Å². The molecule has 0 saturated carbocycles. The van der Waals surface area contributed by atoms with Crippen LogP contribution in [-0.2, 0) is 16.1 Å². The van der Waals surface area contributed by atoms with Crippen molar-refractivity contribution in [2.45, 2.75) is 12.6 Å². The van der Waals surface area contributed by atoms with Crippen molar-refractivity contribution in [2.24, 2.45) is 5.92 Å². The zero-order valence-corrected chi connectivity index (χ0v) is 18.2. The van der Waals surface area contributed by atoms with Crippen molar-refractivity contribution in [2.75, 3.05) is 14.2 Å². The van der Waals surface area contributed by atoms with Crippen molar-refractivity contribution < 1.29 is 28.2 Å². The molecular weight excluding hydrogens is 425 g/mol. The van der Waals surface area contributed by atoms with Crippen LogP contribution in [0, 0.1) is 11.7 Å². The highest BCUT2D eigenvalue weighted by molar-refractivity contribution is 6.44. The minimum Gasteiger partial charge on any atom is -0.497 e. The highest BCUT2D eigenvalue weighted by Crippen LogP contribution is 2.42. The fraction of sp³-hybridized carbons (Fsp3) is 0.192. The maximum atomic E-state index is 13.5. The second-order valence-electron chi connectivity index (χ2n) is 7.68. The standard InChI is InChI=1S/C26H22FNO5/c1-32-19-13-9-17(10-14-19)24(29)22-23(20-5-3-4-6-21(20)33-2)28(26(31)25(22)30)15-16-7-11-18(27)12-8-16/h3-14,22-23H,15H2,1-2H3. The summed E-state index contributed by atoms with van der Waals surface area (Å²) >= 11 is 0. The third-order valence-corrected chi connectivity index (χ3v) is 5.79. The molecule has 168 valence electrons. The molecule has 6 nitrogen and oxygen atoms in total. The first-order valence-corrected chi connectivity index (χ1v) is 10.3. The predicted octanol–water partition coefficient (Wildman–Crippen LogP) is 3.99. The van der Waals surface area contributed by atoms with Crippen molar-refractivity contribution in [3.63, 3.8) is 0 Å². The number of likely N-dealkylation sites (tertiary alicyclic amines) is 1. The van der Waals surface area contributed by atoms with Gasteiger partial charge in [-0.2, -0.15) is 0 Å². The van der Waals surface area contributed by atoms with Crippen LogP contribution >= 0.6 is 0 Å². The highest BCUT2D eigenvalue weighted by Gasteiger charge is 2.52. The van der Waals surface area contributed by atoms with Crippen LogP contribution in [0.25, 0.3) is 0 Å². The van der Waals surface area contributed by atoms with E-state index in [-0.39, 0.29) is 6.54 Å². The molecular formula is C26H22FNO5. The lowest BCUT2D eigenvalue weighted by Gasteiger charge is -2.28. The smallest absolute Gasteiger partial charge is 0.291 e. The summed E-state index contributed by atoms with van der Waals surface area (Å²) in [5.41, 5.74) is 1.48. The van der Waals surface area contributed by atoms with Crippen molar-refractivity contribution >= 4 is 17.5 Å². The van der Waals surface area contributed by atoms with E-state index < -0.39 is 35.3 Å². The summed E-state index contributed by atoms with van der Waals surface area (Å²) in [6.07, 6.45) is 0. The minimum absolute atomic E-state index is 0.0416. The van der Waals surface area contributed by atoms with E-state index in [0.717, 1.165) is 0 Å². The molecule has 0 aromatic heterocycles. The molecule has 2 unspecified atom stereocenters. The summed E-state index contributed by atoms with van der Waals surface area (Å²) in [7, 11) is 3.00. The molecule has 1 aliphatic rings. The Morgan fingerprint density at radius 1 is 0.909 bits per heavy atom. The molecule has 0 spiro atoms. The minimum atomic E-state index is -1.25. The molecule has 0 radical (unpaired) electrons. The fourth-order valence-electron chi connectivity index (χ4n) is 4.14. The highest BCUT2D eigenvalue weighted by atomic mass is 19.1. The van der Waals surface area contributed by atoms with Crippen LogP contribution in [0.1, 0.15) is 27.5 Å². The number of halogens is 1. The number of benzene rings is 3. The van der Waals surface area contributed by atoms with Gasteiger partial charge in [0.1, 0.15) is 23.2 Å². The largest absolute Gasteiger partial charge is 0.497 e. The molecule has 1 amide bonds. The molecule has 33 heavy (non-hydrogen) atoms. The van der Waals surface area contributed by atoms with E-state index in [1.54, 1.807) is 60.7 Å². The van der Waals surface area contributed by atoms with Gasteiger partial charge in [0.25, 0.3) is 5.91 Å². The van der Waals surface area contributed by atoms with Crippen molar-refractivity contribution in [3.05, 3.63) is 95.3 Å². The molecule has 0 aliphatic carbocycles. The Morgan fingerprint density at radius 3 is 2.21 bits per heavy atom. The summed E-state index contributed by atoms with van der Waals surface area (Å²) < 4.78 is 24.0. The zero-order chi connectivity index (χ0) is 23.5. The van der Waals surface area contributed by atoms with Gasteiger partial charge in [0.05, 0.1) is 20.3 Å². The van der Waals surface area contributed by atoms with Gasteiger partial charge >= 0.3 is 0 Å². The van der Waals surface area contributed by atoms with Gasteiger partial charge in [0.2, 0.25) is 5.78 Å². The topological polar surface area (TPSA) is 72.9 Å². The number of methoxy groups -OCH3 is 2. The summed E-state index contributed by atoms with van der Waals surface area (Å²) in [5, 5.41) is 0. The Hall–Kier alpha value is -4.00. The molecule has 1 fully saturated rings. The van der Waals surface area contributed by atoms with E-state index >= 15 is 0 Å². The van der Waals surface area contributed by atoms with Gasteiger partial charge in [-0.05, 0) is 48.0 Å². The third kappa shape index (κ3) is 4.22. The van der Waals surface area contributed by atoms with Gasteiger partial charge in [0.15, 0.2) is 5.78 Å². The number of hydrogen-bond donors (Lipinski definition) is 0. The SMILES string of the molecule is COc1ccc(C(=O)C2C(=O)C(=O)N(Cc3ccc(F)cc3)C2c2ccccc2OC)cc1. The monoisotopic (exact) mass is 447 g/mol. The summed E-state index contributed by atoms with van der Waals surface area (Å²) in [6, 6.07) is 18.2. The normalized spacial score (nSPS) is 17.8. The van der Waals surface area contributed by atoms with E-state index in [0.29, 0.717) is 28.2 Å². The van der Waals surface area contributed by atoms with E-state index in [2.05, 4.69) is 0 Å². The first-order valence-electron chi connectivity index (χ1n) is 10.3. The summed E-state index contributed by atoms with van der Waals surface area (Å²) in [4.78, 5) is 41.1. The summed E-state index contributed by atoms with van der Waals surface area (Å²) in [6.45, 7) is 0.0416. The average Bonchev–Trinajstić information content (AvgIpc) is 3.09. The molecule has 7 heteroatoms. The zero-order valence-electron chi connectivity index (χ0n) is 18.2. The van der Waals surface area contributed by atoms with Gasteiger partial charge in [-0.25, -0.2) is 4.39 Å². The lowest BCUT2D eigenvalue weighted by atomic mass is 9.86. The number of para-hydroxylation sites is 1. The number of ketones is 2. The van der Waals surface area contributed by atoms with Crippen LogP contribution in [0.4, 0.5) is 4.39 Å². The van der Waals surface area contributed by atoms with Crippen LogP contribution < -0.4 is 9.47 Å². The maximum Gasteiger partial charge on any atom is 0.291 e. The predicted molar refractivity (Wildman–Crippen MR) is 119 cm³/mol. The molecule has 1 aliphatic heterocycles. The number of Topliss-reactive ketones (excluding diaryl/α,β-unsaturated/α-hetero) is 2. The molecule has 3 aromatic rings. The average molecular weight is 447 g/mol. The molecule has 4 rings (SSSR count). The van der Waals surface area contributed by atoms with Crippen molar-refractivity contribution in [1.29, 1.82) is 0 Å². The lowest BCUT2D eigenvalue weighted by Crippen LogP contribution is -2.30. The van der Waals surface area contributed by atoms with E-state index in [1.807, 2.05) is 0 Å². The fourth-order valence-corrected chi connectivity index (χ4v) is 4.14. The quantitative estimate of drug-likeness (QED) is 0.311. The second kappa shape index (κ2) is 9.24. The van der Waals surface area contributed by atoms with E-state index in [9.17, 15) is 18.8 Å². The Balaban J connectivity index is 1.79. The van der Waals surface area contributed by atoms with Crippen molar-refractivity contribution in [3.8, 4) is 11.5 Å². The van der Waals surface area contributed by atoms with Crippen LogP contribution in [-0.4, -0.2) is 36.6 Å². The van der Waals surface area contributed by atoms with E-state index in [4.69, 9.17) is 9.47 Å². The van der Waals surface area contributed by atoms with Gasteiger partial charge in [-0.1, -0.05) is 30.3 Å². The van der Waals surface area contributed by atoms with Gasteiger partial charge in [-0.15, -0.1) is 0 Å². The molecule has 0 N–H and O–H groups in total. The molecule has 1 heterocycles.